The lowest BCUT2D eigenvalue weighted by Gasteiger charge is -2.21. The first kappa shape index (κ1) is 9.61. The summed E-state index contributed by atoms with van der Waals surface area (Å²) in [5.41, 5.74) is 2.00. The maximum atomic E-state index is 11.2. The average molecular weight is 212 g/mol. The third-order valence-corrected chi connectivity index (χ3v) is 3.34. The van der Waals surface area contributed by atoms with Gasteiger partial charge in [0.15, 0.2) is 0 Å². The Morgan fingerprint density at radius 1 is 1.79 bits per heavy atom. The molecule has 0 amide bonds. The maximum Gasteiger partial charge on any atom is 0.311 e. The van der Waals surface area contributed by atoms with Crippen molar-refractivity contribution in [3.8, 4) is 0 Å². The highest BCUT2D eigenvalue weighted by Crippen LogP contribution is 2.30. The van der Waals surface area contributed by atoms with Crippen LogP contribution in [0.1, 0.15) is 12.1 Å². The molecule has 1 unspecified atom stereocenters. The van der Waals surface area contributed by atoms with Crippen molar-refractivity contribution in [2.45, 2.75) is 12.8 Å². The van der Waals surface area contributed by atoms with Gasteiger partial charge in [0, 0.05) is 18.3 Å². The number of hydrogen-bond acceptors (Lipinski definition) is 4. The van der Waals surface area contributed by atoms with E-state index in [2.05, 4.69) is 10.3 Å². The predicted octanol–water partition coefficient (Wildman–Crippen LogP) is 0.750. The van der Waals surface area contributed by atoms with E-state index in [9.17, 15) is 9.90 Å². The van der Waals surface area contributed by atoms with Crippen molar-refractivity contribution in [1.29, 1.82) is 0 Å². The molecule has 1 aliphatic heterocycles. The quantitative estimate of drug-likeness (QED) is 0.776. The zero-order chi connectivity index (χ0) is 10.0. The lowest BCUT2D eigenvalue weighted by atomic mass is 9.83. The van der Waals surface area contributed by atoms with E-state index in [0.717, 1.165) is 12.2 Å². The second kappa shape index (κ2) is 3.67. The number of rotatable bonds is 3. The van der Waals surface area contributed by atoms with Crippen molar-refractivity contribution in [2.24, 2.45) is 5.41 Å². The van der Waals surface area contributed by atoms with Gasteiger partial charge in [0.1, 0.15) is 0 Å². The Morgan fingerprint density at radius 3 is 3.14 bits per heavy atom. The fourth-order valence-electron chi connectivity index (χ4n) is 1.82. The molecule has 1 aromatic rings. The Hall–Kier alpha value is -0.940. The molecular weight excluding hydrogens is 200 g/mol. The summed E-state index contributed by atoms with van der Waals surface area (Å²) in [6, 6.07) is 0. The van der Waals surface area contributed by atoms with Crippen LogP contribution in [-0.2, 0) is 11.2 Å². The lowest BCUT2D eigenvalue weighted by Crippen LogP contribution is -2.35. The Morgan fingerprint density at radius 2 is 2.64 bits per heavy atom. The van der Waals surface area contributed by atoms with E-state index in [1.165, 1.54) is 11.3 Å². The van der Waals surface area contributed by atoms with E-state index >= 15 is 0 Å². The van der Waals surface area contributed by atoms with Crippen molar-refractivity contribution in [1.82, 2.24) is 10.3 Å². The van der Waals surface area contributed by atoms with Crippen molar-refractivity contribution < 1.29 is 9.90 Å². The third-order valence-electron chi connectivity index (χ3n) is 2.70. The minimum atomic E-state index is -0.712. The molecule has 1 atom stereocenters. The van der Waals surface area contributed by atoms with Crippen LogP contribution < -0.4 is 5.32 Å². The normalized spacial score (nSPS) is 26.6. The molecule has 0 aliphatic carbocycles. The monoisotopic (exact) mass is 212 g/mol. The van der Waals surface area contributed by atoms with Crippen LogP contribution in [0.5, 0.6) is 0 Å². The zero-order valence-corrected chi connectivity index (χ0v) is 8.51. The molecule has 4 nitrogen and oxygen atoms in total. The minimum absolute atomic E-state index is 0.541. The second-order valence-electron chi connectivity index (χ2n) is 3.67. The minimum Gasteiger partial charge on any atom is -0.481 e. The smallest absolute Gasteiger partial charge is 0.311 e. The first-order valence-electron chi connectivity index (χ1n) is 4.54. The van der Waals surface area contributed by atoms with Crippen molar-refractivity contribution in [2.75, 3.05) is 13.1 Å². The number of carboxylic acids is 1. The van der Waals surface area contributed by atoms with Crippen molar-refractivity contribution in [3.05, 3.63) is 16.6 Å². The number of carboxylic acid groups (broad SMARTS) is 1. The van der Waals surface area contributed by atoms with E-state index < -0.39 is 11.4 Å². The lowest BCUT2D eigenvalue weighted by molar-refractivity contribution is -0.147. The molecule has 2 heterocycles. The molecule has 5 heteroatoms. The maximum absolute atomic E-state index is 11.2. The van der Waals surface area contributed by atoms with Gasteiger partial charge in [0.25, 0.3) is 0 Å². The van der Waals surface area contributed by atoms with E-state index in [-0.39, 0.29) is 0 Å². The van der Waals surface area contributed by atoms with Gasteiger partial charge in [0.05, 0.1) is 16.6 Å². The van der Waals surface area contributed by atoms with Crippen LogP contribution in [0, 0.1) is 5.41 Å². The fraction of sp³-hybridized carbons (Fsp3) is 0.556. The number of nitrogens with one attached hydrogen (secondary N) is 1. The Kier molecular flexibility index (Phi) is 2.52. The van der Waals surface area contributed by atoms with Crippen LogP contribution >= 0.6 is 11.3 Å². The molecule has 1 aliphatic rings. The second-order valence-corrected chi connectivity index (χ2v) is 4.39. The van der Waals surface area contributed by atoms with Crippen molar-refractivity contribution in [3.63, 3.8) is 0 Å². The topological polar surface area (TPSA) is 62.2 Å². The van der Waals surface area contributed by atoms with Crippen LogP contribution in [0.15, 0.2) is 10.9 Å². The van der Waals surface area contributed by atoms with Crippen LogP contribution in [-0.4, -0.2) is 29.1 Å². The van der Waals surface area contributed by atoms with Crippen molar-refractivity contribution >= 4 is 17.3 Å². The van der Waals surface area contributed by atoms with Gasteiger partial charge in [-0.15, -0.1) is 11.3 Å². The molecule has 0 bridgehead atoms. The first-order valence-corrected chi connectivity index (χ1v) is 5.48. The van der Waals surface area contributed by atoms with E-state index in [0.29, 0.717) is 19.4 Å². The number of hydrogen-bond donors (Lipinski definition) is 2. The molecule has 2 N–H and O–H groups in total. The van der Waals surface area contributed by atoms with Gasteiger partial charge in [-0.05, 0) is 13.0 Å². The molecule has 1 saturated heterocycles. The summed E-state index contributed by atoms with van der Waals surface area (Å²) in [6.45, 7) is 1.34. The molecule has 2 rings (SSSR count). The molecule has 0 spiro atoms. The van der Waals surface area contributed by atoms with Gasteiger partial charge < -0.3 is 10.4 Å². The zero-order valence-electron chi connectivity index (χ0n) is 7.69. The molecular formula is C9H12N2O2S. The summed E-state index contributed by atoms with van der Waals surface area (Å²) in [7, 11) is 0. The van der Waals surface area contributed by atoms with Gasteiger partial charge >= 0.3 is 5.97 Å². The van der Waals surface area contributed by atoms with Crippen LogP contribution in [0.2, 0.25) is 0 Å². The molecule has 1 fully saturated rings. The van der Waals surface area contributed by atoms with E-state index in [4.69, 9.17) is 0 Å². The SMILES string of the molecule is O=C(O)C1(Cc2cscn2)CCNC1. The Labute approximate surface area is 86.0 Å². The summed E-state index contributed by atoms with van der Waals surface area (Å²) in [5, 5.41) is 14.2. The van der Waals surface area contributed by atoms with Gasteiger partial charge in [-0.3, -0.25) is 4.79 Å². The third kappa shape index (κ3) is 1.65. The Bertz CT molecular complexity index is 318. The largest absolute Gasteiger partial charge is 0.481 e. The predicted molar refractivity (Wildman–Crippen MR) is 53.4 cm³/mol. The summed E-state index contributed by atoms with van der Waals surface area (Å²) < 4.78 is 0. The molecule has 0 radical (unpaired) electrons. The summed E-state index contributed by atoms with van der Waals surface area (Å²) >= 11 is 1.51. The Balaban J connectivity index is 2.16. The van der Waals surface area contributed by atoms with Crippen LogP contribution in [0.25, 0.3) is 0 Å². The number of aliphatic carboxylic acids is 1. The fourth-order valence-corrected chi connectivity index (χ4v) is 2.38. The van der Waals surface area contributed by atoms with Gasteiger partial charge in [-0.25, -0.2) is 4.98 Å². The average Bonchev–Trinajstić information content (AvgIpc) is 2.76. The molecule has 0 saturated carbocycles. The van der Waals surface area contributed by atoms with Gasteiger partial charge in [-0.2, -0.15) is 0 Å². The van der Waals surface area contributed by atoms with Crippen LogP contribution in [0.3, 0.4) is 0 Å². The highest BCUT2D eigenvalue weighted by Gasteiger charge is 2.41. The number of aromatic nitrogens is 1. The molecule has 76 valence electrons. The summed E-state index contributed by atoms with van der Waals surface area (Å²) in [4.78, 5) is 15.3. The van der Waals surface area contributed by atoms with E-state index in [1.54, 1.807) is 5.51 Å². The highest BCUT2D eigenvalue weighted by atomic mass is 32.1. The molecule has 1 aromatic heterocycles. The van der Waals surface area contributed by atoms with E-state index in [1.807, 2.05) is 5.38 Å². The summed E-state index contributed by atoms with van der Waals surface area (Å²) in [5.74, 6) is -0.712. The number of carbonyl (C=O) groups is 1. The number of nitrogens with zero attached hydrogens (tertiary/aromatic N) is 1. The first-order chi connectivity index (χ1) is 6.73. The standard InChI is InChI=1S/C9H12N2O2S/c12-8(13)9(1-2-10-5-9)3-7-4-14-6-11-7/h4,6,10H,1-3,5H2,(H,12,13). The van der Waals surface area contributed by atoms with Gasteiger partial charge in [0.2, 0.25) is 0 Å². The summed E-state index contributed by atoms with van der Waals surface area (Å²) in [6.07, 6.45) is 1.23. The number of thiazole rings is 1. The molecule has 0 aromatic carbocycles. The van der Waals surface area contributed by atoms with Gasteiger partial charge in [-0.1, -0.05) is 0 Å². The van der Waals surface area contributed by atoms with Crippen LogP contribution in [0.4, 0.5) is 0 Å². The molecule has 14 heavy (non-hydrogen) atoms. The highest BCUT2D eigenvalue weighted by molar-refractivity contribution is 7.07.